The highest BCUT2D eigenvalue weighted by atomic mass is 27.2. The monoisotopic (exact) mass is 73.0 g/mol. The summed E-state index contributed by atoms with van der Waals surface area (Å²) >= 11 is -0.639. The molecule has 0 aliphatic rings. The lowest BCUT2D eigenvalue weighted by Gasteiger charge is -1.68. The first-order valence-corrected chi connectivity index (χ1v) is 4.46. The molecule has 0 atom stereocenters. The Balaban J connectivity index is 2.32. The van der Waals surface area contributed by atoms with Crippen LogP contribution in [0.1, 0.15) is 0 Å². The maximum Gasteiger partial charge on any atom is 0.360 e. The SMILES string of the molecule is [CH3][Al]([CH3])[NH2]. The molecule has 0 amide bonds. The van der Waals surface area contributed by atoms with Crippen LogP contribution in [0.3, 0.4) is 0 Å². The second-order valence-electron chi connectivity index (χ2n) is 1.24. The molecular weight excluding hydrogens is 65.0 g/mol. The molecule has 0 fully saturated rings. The van der Waals surface area contributed by atoms with Gasteiger partial charge in [0.2, 0.25) is 0 Å². The minimum absolute atomic E-state index is 0.639. The van der Waals surface area contributed by atoms with Crippen molar-refractivity contribution in [2.45, 2.75) is 11.6 Å². The second kappa shape index (κ2) is 1.78. The van der Waals surface area contributed by atoms with Gasteiger partial charge < -0.3 is 4.72 Å². The molecule has 24 valence electrons. The van der Waals surface area contributed by atoms with Crippen molar-refractivity contribution >= 4 is 14.4 Å². The van der Waals surface area contributed by atoms with E-state index in [1.807, 2.05) is 0 Å². The topological polar surface area (TPSA) is 26.0 Å². The largest absolute Gasteiger partial charge is 0.413 e. The van der Waals surface area contributed by atoms with Gasteiger partial charge in [0.1, 0.15) is 0 Å². The van der Waals surface area contributed by atoms with Gasteiger partial charge in [0.25, 0.3) is 0 Å². The second-order valence-corrected chi connectivity index (χ2v) is 3.73. The van der Waals surface area contributed by atoms with Crippen molar-refractivity contribution in [1.82, 2.24) is 0 Å². The van der Waals surface area contributed by atoms with E-state index in [-0.39, 0.29) is 0 Å². The number of hydrogen-bond acceptors (Lipinski definition) is 1. The summed E-state index contributed by atoms with van der Waals surface area (Å²) in [6, 6.07) is 0. The molecule has 0 aliphatic carbocycles. The highest BCUT2D eigenvalue weighted by Crippen LogP contribution is 1.53. The molecule has 2 N–H and O–H groups in total. The molecule has 0 aliphatic heterocycles. The highest BCUT2D eigenvalue weighted by molar-refractivity contribution is 6.51. The molecule has 0 radical (unpaired) electrons. The number of rotatable bonds is 0. The summed E-state index contributed by atoms with van der Waals surface area (Å²) in [5.74, 6) is 4.17. The Morgan fingerprint density at radius 1 is 1.50 bits per heavy atom. The van der Waals surface area contributed by atoms with Crippen LogP contribution in [-0.2, 0) is 0 Å². The van der Waals surface area contributed by atoms with Crippen LogP contribution >= 0.6 is 0 Å². The lowest BCUT2D eigenvalue weighted by molar-refractivity contribution is 1.74. The lowest BCUT2D eigenvalue weighted by Crippen LogP contribution is -2.13. The van der Waals surface area contributed by atoms with Gasteiger partial charge in [-0.05, 0) is 0 Å². The maximum absolute atomic E-state index is 5.25. The van der Waals surface area contributed by atoms with Crippen LogP contribution in [-0.4, -0.2) is 14.4 Å². The Labute approximate surface area is 31.4 Å². The zero-order chi connectivity index (χ0) is 3.58. The van der Waals surface area contributed by atoms with Crippen molar-refractivity contribution in [2.24, 2.45) is 4.72 Å². The summed E-state index contributed by atoms with van der Waals surface area (Å²) in [6.45, 7) is 0. The van der Waals surface area contributed by atoms with Gasteiger partial charge in [0.05, 0.1) is 0 Å². The summed E-state index contributed by atoms with van der Waals surface area (Å²) in [5, 5.41) is 0. The molecular formula is C2H8AlN. The van der Waals surface area contributed by atoms with Crippen LogP contribution in [0.5, 0.6) is 0 Å². The van der Waals surface area contributed by atoms with Crippen LogP contribution in [0.15, 0.2) is 0 Å². The van der Waals surface area contributed by atoms with Gasteiger partial charge >= 0.3 is 14.4 Å². The van der Waals surface area contributed by atoms with Crippen LogP contribution in [0.2, 0.25) is 11.6 Å². The molecule has 0 saturated heterocycles. The standard InChI is InChI=1S/2CH3.Al.H2N/h2*1H3;;1H2/q;;+1;-1. The van der Waals surface area contributed by atoms with Crippen LogP contribution < -0.4 is 4.72 Å². The van der Waals surface area contributed by atoms with Crippen molar-refractivity contribution < 1.29 is 0 Å². The molecule has 2 heteroatoms. The minimum atomic E-state index is -0.639. The van der Waals surface area contributed by atoms with E-state index in [2.05, 4.69) is 11.6 Å². The van der Waals surface area contributed by atoms with E-state index in [4.69, 9.17) is 4.72 Å². The molecule has 0 aromatic rings. The average molecular weight is 73.1 g/mol. The van der Waals surface area contributed by atoms with Gasteiger partial charge in [-0.3, -0.25) is 0 Å². The number of hydrogen-bond donors (Lipinski definition) is 1. The summed E-state index contributed by atoms with van der Waals surface area (Å²) in [5.41, 5.74) is 0. The van der Waals surface area contributed by atoms with Crippen LogP contribution in [0, 0.1) is 0 Å². The van der Waals surface area contributed by atoms with Crippen molar-refractivity contribution in [1.29, 1.82) is 0 Å². The van der Waals surface area contributed by atoms with Gasteiger partial charge in [-0.1, -0.05) is 11.6 Å². The van der Waals surface area contributed by atoms with Gasteiger partial charge in [-0.2, -0.15) is 0 Å². The van der Waals surface area contributed by atoms with Gasteiger partial charge in [-0.25, -0.2) is 0 Å². The summed E-state index contributed by atoms with van der Waals surface area (Å²) in [4.78, 5) is 0. The van der Waals surface area contributed by atoms with Crippen molar-refractivity contribution in [3.8, 4) is 0 Å². The van der Waals surface area contributed by atoms with Crippen molar-refractivity contribution in [3.63, 3.8) is 0 Å². The fourth-order valence-corrected chi connectivity index (χ4v) is 0. The first-order chi connectivity index (χ1) is 1.73. The predicted molar refractivity (Wildman–Crippen MR) is 21.7 cm³/mol. The Kier molecular flexibility index (Phi) is 2.00. The van der Waals surface area contributed by atoms with Crippen molar-refractivity contribution in [3.05, 3.63) is 0 Å². The lowest BCUT2D eigenvalue weighted by atomic mass is 11.9. The molecule has 1 nitrogen and oxygen atoms in total. The highest BCUT2D eigenvalue weighted by Gasteiger charge is 1.84. The third-order valence-electron chi connectivity index (χ3n) is 0. The fraction of sp³-hybridized carbons (Fsp3) is 1.00. The van der Waals surface area contributed by atoms with E-state index in [9.17, 15) is 0 Å². The fourth-order valence-electron chi connectivity index (χ4n) is 0. The summed E-state index contributed by atoms with van der Waals surface area (Å²) < 4.78 is 5.25. The Morgan fingerprint density at radius 2 is 1.50 bits per heavy atom. The minimum Gasteiger partial charge on any atom is -0.413 e. The van der Waals surface area contributed by atoms with Gasteiger partial charge in [0, 0.05) is 0 Å². The first-order valence-electron chi connectivity index (χ1n) is 1.49. The van der Waals surface area contributed by atoms with E-state index in [1.54, 1.807) is 0 Å². The first kappa shape index (κ1) is 4.49. The molecule has 0 aromatic heterocycles. The molecule has 0 rings (SSSR count). The molecule has 0 spiro atoms. The molecule has 0 saturated carbocycles. The summed E-state index contributed by atoms with van der Waals surface area (Å²) in [7, 11) is 0. The average Bonchev–Trinajstić information content (AvgIpc) is 0.811. The van der Waals surface area contributed by atoms with E-state index in [1.165, 1.54) is 0 Å². The smallest absolute Gasteiger partial charge is 0.360 e. The summed E-state index contributed by atoms with van der Waals surface area (Å²) in [6.07, 6.45) is 0. The zero-order valence-electron chi connectivity index (χ0n) is 3.15. The quantitative estimate of drug-likeness (QED) is 0.407. The zero-order valence-corrected chi connectivity index (χ0v) is 4.31. The van der Waals surface area contributed by atoms with Crippen molar-refractivity contribution in [2.75, 3.05) is 0 Å². The molecule has 0 aromatic carbocycles. The number of nitrogens with two attached hydrogens (primary N) is 1. The third-order valence-corrected chi connectivity index (χ3v) is 0. The molecule has 4 heavy (non-hydrogen) atoms. The van der Waals surface area contributed by atoms with Gasteiger partial charge in [0.15, 0.2) is 0 Å². The van der Waals surface area contributed by atoms with Gasteiger partial charge in [-0.15, -0.1) is 0 Å². The maximum atomic E-state index is 5.25. The molecule has 0 bridgehead atoms. The van der Waals surface area contributed by atoms with E-state index >= 15 is 0 Å². The van der Waals surface area contributed by atoms with E-state index in [0.717, 1.165) is 0 Å². The Hall–Kier alpha value is 0.492. The Morgan fingerprint density at radius 3 is 1.50 bits per heavy atom. The Bertz CT molecular complexity index is 10.8. The van der Waals surface area contributed by atoms with Crippen LogP contribution in [0.25, 0.3) is 0 Å². The normalized spacial score (nSPS) is 6.75. The van der Waals surface area contributed by atoms with E-state index < -0.39 is 14.4 Å². The predicted octanol–water partition coefficient (Wildman–Crippen LogP) is 0.196. The van der Waals surface area contributed by atoms with Crippen LogP contribution in [0.4, 0.5) is 0 Å². The molecule has 0 heterocycles. The molecule has 0 unspecified atom stereocenters. The third kappa shape index (κ3) is 22.9. The van der Waals surface area contributed by atoms with E-state index in [0.29, 0.717) is 0 Å².